The largest absolute Gasteiger partial charge is 0.492 e. The second kappa shape index (κ2) is 3.81. The zero-order chi connectivity index (χ0) is 10.0. The Labute approximate surface area is 79.2 Å². The van der Waals surface area contributed by atoms with Crippen molar-refractivity contribution in [3.05, 3.63) is 11.5 Å². The van der Waals surface area contributed by atoms with Crippen molar-refractivity contribution in [1.29, 1.82) is 0 Å². The number of aromatic hydroxyl groups is 1. The third kappa shape index (κ3) is 2.47. The van der Waals surface area contributed by atoms with Crippen LogP contribution in [0.1, 0.15) is 45.1 Å². The Morgan fingerprint density at radius 2 is 1.92 bits per heavy atom. The maximum Gasteiger partial charge on any atom is 0.232 e. The Morgan fingerprint density at radius 1 is 1.31 bits per heavy atom. The van der Waals surface area contributed by atoms with Gasteiger partial charge in [0.25, 0.3) is 0 Å². The van der Waals surface area contributed by atoms with E-state index >= 15 is 0 Å². The van der Waals surface area contributed by atoms with E-state index in [2.05, 4.69) is 23.8 Å². The average molecular weight is 182 g/mol. The minimum Gasteiger partial charge on any atom is -0.492 e. The molecular formula is C10H18N2O. The molecule has 0 atom stereocenters. The third-order valence-electron chi connectivity index (χ3n) is 1.94. The molecule has 1 rings (SSSR count). The average Bonchev–Trinajstić information content (AvgIpc) is 2.29. The molecule has 0 amide bonds. The number of imidazole rings is 1. The van der Waals surface area contributed by atoms with Gasteiger partial charge in [0.15, 0.2) is 0 Å². The summed E-state index contributed by atoms with van der Waals surface area (Å²) in [6.07, 6.45) is 0.889. The van der Waals surface area contributed by atoms with Gasteiger partial charge in [-0.3, -0.25) is 0 Å². The lowest BCUT2D eigenvalue weighted by Crippen LogP contribution is -1.96. The molecule has 74 valence electrons. The van der Waals surface area contributed by atoms with Crippen LogP contribution in [0.15, 0.2) is 0 Å². The van der Waals surface area contributed by atoms with Crippen LogP contribution in [0.25, 0.3) is 0 Å². The fraction of sp³-hybridized carbons (Fsp3) is 0.700. The van der Waals surface area contributed by atoms with Crippen molar-refractivity contribution in [2.24, 2.45) is 5.92 Å². The smallest absolute Gasteiger partial charge is 0.232 e. The number of nitrogens with zero attached hydrogens (tertiary/aromatic N) is 1. The molecular weight excluding hydrogens is 164 g/mol. The molecule has 0 aliphatic rings. The summed E-state index contributed by atoms with van der Waals surface area (Å²) in [5, 5.41) is 9.47. The van der Waals surface area contributed by atoms with Crippen LogP contribution in [0, 0.1) is 5.92 Å². The second-order valence-corrected chi connectivity index (χ2v) is 4.17. The van der Waals surface area contributed by atoms with Gasteiger partial charge in [0.2, 0.25) is 5.88 Å². The van der Waals surface area contributed by atoms with Gasteiger partial charge in [-0.2, -0.15) is 4.98 Å². The van der Waals surface area contributed by atoms with Crippen LogP contribution in [0.3, 0.4) is 0 Å². The zero-order valence-electron chi connectivity index (χ0n) is 8.76. The van der Waals surface area contributed by atoms with Crippen molar-refractivity contribution in [3.8, 4) is 5.88 Å². The fourth-order valence-electron chi connectivity index (χ4n) is 1.31. The molecule has 1 heterocycles. The van der Waals surface area contributed by atoms with Gasteiger partial charge in [-0.05, 0) is 11.8 Å². The van der Waals surface area contributed by atoms with E-state index in [0.29, 0.717) is 11.8 Å². The molecule has 3 nitrogen and oxygen atoms in total. The number of hydrogen-bond acceptors (Lipinski definition) is 2. The summed E-state index contributed by atoms with van der Waals surface area (Å²) >= 11 is 0. The quantitative estimate of drug-likeness (QED) is 0.754. The zero-order valence-corrected chi connectivity index (χ0v) is 8.76. The van der Waals surface area contributed by atoms with Crippen molar-refractivity contribution in [3.63, 3.8) is 0 Å². The van der Waals surface area contributed by atoms with Gasteiger partial charge in [-0.15, -0.1) is 0 Å². The molecule has 0 unspecified atom stereocenters. The highest BCUT2D eigenvalue weighted by Gasteiger charge is 2.12. The molecule has 0 fully saturated rings. The van der Waals surface area contributed by atoms with Crippen molar-refractivity contribution in [1.82, 2.24) is 9.97 Å². The first kappa shape index (κ1) is 10.1. The summed E-state index contributed by atoms with van der Waals surface area (Å²) in [4.78, 5) is 7.22. The van der Waals surface area contributed by atoms with E-state index in [1.54, 1.807) is 0 Å². The number of rotatable bonds is 3. The van der Waals surface area contributed by atoms with Gasteiger partial charge >= 0.3 is 0 Å². The molecule has 0 bridgehead atoms. The van der Waals surface area contributed by atoms with Crippen molar-refractivity contribution < 1.29 is 5.11 Å². The Balaban J connectivity index is 2.82. The Morgan fingerprint density at radius 3 is 2.31 bits per heavy atom. The van der Waals surface area contributed by atoms with Crippen LogP contribution in [0.5, 0.6) is 5.88 Å². The predicted molar refractivity (Wildman–Crippen MR) is 52.9 cm³/mol. The summed E-state index contributed by atoms with van der Waals surface area (Å²) in [5.74, 6) is 1.90. The lowest BCUT2D eigenvalue weighted by molar-refractivity contribution is 0.444. The predicted octanol–water partition coefficient (Wildman–Crippen LogP) is 2.44. The molecule has 0 aromatic carbocycles. The van der Waals surface area contributed by atoms with E-state index < -0.39 is 0 Å². The van der Waals surface area contributed by atoms with Crippen LogP contribution in [0.4, 0.5) is 0 Å². The lowest BCUT2D eigenvalue weighted by atomic mass is 10.1. The molecule has 2 N–H and O–H groups in total. The minimum atomic E-state index is 0.158. The van der Waals surface area contributed by atoms with E-state index in [9.17, 15) is 5.11 Å². The van der Waals surface area contributed by atoms with E-state index in [1.807, 2.05) is 13.8 Å². The van der Waals surface area contributed by atoms with Gasteiger partial charge < -0.3 is 10.1 Å². The highest BCUT2D eigenvalue weighted by atomic mass is 16.3. The molecule has 1 aromatic rings. The monoisotopic (exact) mass is 182 g/mol. The maximum absolute atomic E-state index is 9.47. The lowest BCUT2D eigenvalue weighted by Gasteiger charge is -2.01. The summed E-state index contributed by atoms with van der Waals surface area (Å²) in [7, 11) is 0. The molecule has 0 aliphatic carbocycles. The van der Waals surface area contributed by atoms with E-state index in [0.717, 1.165) is 17.9 Å². The van der Waals surface area contributed by atoms with E-state index in [4.69, 9.17) is 0 Å². The molecule has 1 aromatic heterocycles. The van der Waals surface area contributed by atoms with Gasteiger partial charge in [0.1, 0.15) is 5.82 Å². The van der Waals surface area contributed by atoms with Crippen LogP contribution >= 0.6 is 0 Å². The molecule has 0 aliphatic heterocycles. The molecule has 0 spiro atoms. The van der Waals surface area contributed by atoms with E-state index in [-0.39, 0.29) is 5.88 Å². The minimum absolute atomic E-state index is 0.158. The Kier molecular flexibility index (Phi) is 2.96. The van der Waals surface area contributed by atoms with Crippen molar-refractivity contribution in [2.45, 2.75) is 40.0 Å². The van der Waals surface area contributed by atoms with E-state index in [1.165, 1.54) is 0 Å². The summed E-state index contributed by atoms with van der Waals surface area (Å²) < 4.78 is 0. The molecule has 13 heavy (non-hydrogen) atoms. The number of nitrogens with one attached hydrogen (secondary N) is 1. The fourth-order valence-corrected chi connectivity index (χ4v) is 1.31. The SMILES string of the molecule is CC(C)Cc1nc(O)c(C(C)C)[nH]1. The highest BCUT2D eigenvalue weighted by molar-refractivity contribution is 5.22. The summed E-state index contributed by atoms with van der Waals surface area (Å²) in [5.41, 5.74) is 0.843. The van der Waals surface area contributed by atoms with Gasteiger partial charge in [0, 0.05) is 6.42 Å². The van der Waals surface area contributed by atoms with Crippen LogP contribution < -0.4 is 0 Å². The molecule has 0 saturated carbocycles. The van der Waals surface area contributed by atoms with Crippen molar-refractivity contribution in [2.75, 3.05) is 0 Å². The number of hydrogen-bond donors (Lipinski definition) is 2. The first-order valence-corrected chi connectivity index (χ1v) is 4.78. The second-order valence-electron chi connectivity index (χ2n) is 4.17. The van der Waals surface area contributed by atoms with Gasteiger partial charge in [0.05, 0.1) is 5.69 Å². The normalized spacial score (nSPS) is 11.5. The summed E-state index contributed by atoms with van der Waals surface area (Å²) in [6, 6.07) is 0. The van der Waals surface area contributed by atoms with Crippen LogP contribution in [-0.2, 0) is 6.42 Å². The van der Waals surface area contributed by atoms with Gasteiger partial charge in [-0.1, -0.05) is 27.7 Å². The maximum atomic E-state index is 9.47. The third-order valence-corrected chi connectivity index (χ3v) is 1.94. The molecule has 0 saturated heterocycles. The number of H-pyrrole nitrogens is 1. The highest BCUT2D eigenvalue weighted by Crippen LogP contribution is 2.22. The van der Waals surface area contributed by atoms with Crippen molar-refractivity contribution >= 4 is 0 Å². The standard InChI is InChI=1S/C10H18N2O/c1-6(2)5-8-11-9(7(3)4)10(13)12-8/h6-7,13H,5H2,1-4H3,(H,11,12). The number of aromatic amines is 1. The van der Waals surface area contributed by atoms with Crippen LogP contribution in [0.2, 0.25) is 0 Å². The molecule has 0 radical (unpaired) electrons. The van der Waals surface area contributed by atoms with Gasteiger partial charge in [-0.25, -0.2) is 0 Å². The first-order valence-electron chi connectivity index (χ1n) is 4.78. The Bertz CT molecular complexity index is 276. The topological polar surface area (TPSA) is 48.9 Å². The first-order chi connectivity index (χ1) is 6.00. The molecule has 3 heteroatoms. The number of aromatic nitrogens is 2. The Hall–Kier alpha value is -0.990. The summed E-state index contributed by atoms with van der Waals surface area (Å²) in [6.45, 7) is 8.34. The van der Waals surface area contributed by atoms with Crippen LogP contribution in [-0.4, -0.2) is 15.1 Å².